The van der Waals surface area contributed by atoms with Gasteiger partial charge < -0.3 is 0 Å². The molecule has 0 aliphatic carbocycles. The van der Waals surface area contributed by atoms with Gasteiger partial charge in [0.15, 0.2) is 0 Å². The molecule has 0 amide bonds. The van der Waals surface area contributed by atoms with Crippen molar-refractivity contribution in [2.24, 2.45) is 14.1 Å². The van der Waals surface area contributed by atoms with Crippen LogP contribution in [-0.4, -0.2) is 9.67 Å². The van der Waals surface area contributed by atoms with Gasteiger partial charge in [-0.25, -0.2) is 0 Å². The van der Waals surface area contributed by atoms with Gasteiger partial charge in [0.2, 0.25) is 0 Å². The molecule has 0 bridgehead atoms. The Balaban J connectivity index is 2.16. The van der Waals surface area contributed by atoms with Gasteiger partial charge in [0.1, 0.15) is 7.05 Å². The average molecular weight is 250 g/mol. The molecule has 0 saturated heterocycles. The monoisotopic (exact) mass is 250 g/mol. The third kappa shape index (κ3) is 2.03. The summed E-state index contributed by atoms with van der Waals surface area (Å²) >= 11 is 0. The number of benzene rings is 2. The molecule has 94 valence electrons. The van der Waals surface area contributed by atoms with Crippen molar-refractivity contribution in [2.75, 3.05) is 0 Å². The predicted octanol–water partition coefficient (Wildman–Crippen LogP) is 2.58. The third-order valence-corrected chi connectivity index (χ3v) is 3.34. The lowest BCUT2D eigenvalue weighted by Gasteiger charge is -1.97. The first-order chi connectivity index (χ1) is 9.27. The normalized spacial score (nSPS) is 10.6. The fourth-order valence-corrected chi connectivity index (χ4v) is 2.21. The maximum absolute atomic E-state index is 4.78. The number of hydrogen-bond acceptors (Lipinski definition) is 1. The molecule has 2 aromatic carbocycles. The highest BCUT2D eigenvalue weighted by Crippen LogP contribution is 2.19. The lowest BCUT2D eigenvalue weighted by atomic mass is 10.2. The highest BCUT2D eigenvalue weighted by Gasteiger charge is 2.23. The second-order valence-corrected chi connectivity index (χ2v) is 4.54. The van der Waals surface area contributed by atoms with Crippen LogP contribution in [0.25, 0.3) is 22.8 Å². The first kappa shape index (κ1) is 11.7. The van der Waals surface area contributed by atoms with Gasteiger partial charge in [-0.15, -0.1) is 0 Å². The summed E-state index contributed by atoms with van der Waals surface area (Å²) in [5, 5.41) is 0. The summed E-state index contributed by atoms with van der Waals surface area (Å²) in [6, 6.07) is 20.5. The van der Waals surface area contributed by atoms with Crippen LogP contribution in [0.3, 0.4) is 0 Å². The van der Waals surface area contributed by atoms with Crippen molar-refractivity contribution in [3.8, 4) is 22.8 Å². The molecule has 0 atom stereocenters. The Kier molecular flexibility index (Phi) is 2.88. The topological polar surface area (TPSA) is 21.7 Å². The van der Waals surface area contributed by atoms with Gasteiger partial charge in [-0.2, -0.15) is 9.36 Å². The number of nitrogens with zero attached hydrogens (tertiary/aromatic N) is 3. The summed E-state index contributed by atoms with van der Waals surface area (Å²) in [5.41, 5.74) is 2.26. The molecule has 3 nitrogen and oxygen atoms in total. The second-order valence-electron chi connectivity index (χ2n) is 4.54. The Morgan fingerprint density at radius 1 is 0.842 bits per heavy atom. The van der Waals surface area contributed by atoms with E-state index in [4.69, 9.17) is 4.98 Å². The van der Waals surface area contributed by atoms with Gasteiger partial charge in [-0.1, -0.05) is 36.4 Å². The predicted molar refractivity (Wildman–Crippen MR) is 75.3 cm³/mol. The fourth-order valence-electron chi connectivity index (χ4n) is 2.21. The summed E-state index contributed by atoms with van der Waals surface area (Å²) in [7, 11) is 4.06. The average Bonchev–Trinajstić information content (AvgIpc) is 2.77. The van der Waals surface area contributed by atoms with E-state index in [2.05, 4.69) is 33.6 Å². The van der Waals surface area contributed by atoms with E-state index < -0.39 is 0 Å². The van der Waals surface area contributed by atoms with Crippen molar-refractivity contribution in [3.05, 3.63) is 60.7 Å². The van der Waals surface area contributed by atoms with E-state index in [-0.39, 0.29) is 0 Å². The summed E-state index contributed by atoms with van der Waals surface area (Å²) in [6.07, 6.45) is 0. The molecule has 0 fully saturated rings. The third-order valence-electron chi connectivity index (χ3n) is 3.34. The van der Waals surface area contributed by atoms with E-state index in [9.17, 15) is 0 Å². The van der Waals surface area contributed by atoms with Crippen LogP contribution in [0.1, 0.15) is 0 Å². The molecule has 0 aliphatic rings. The molecular weight excluding hydrogens is 234 g/mol. The molecular formula is C16H16N3+. The molecule has 0 radical (unpaired) electrons. The van der Waals surface area contributed by atoms with E-state index >= 15 is 0 Å². The summed E-state index contributed by atoms with van der Waals surface area (Å²) < 4.78 is 4.13. The SMILES string of the molecule is Cn1c(-c2ccccc2)nc(-c2ccccc2)[n+]1C. The quantitative estimate of drug-likeness (QED) is 0.641. The van der Waals surface area contributed by atoms with E-state index in [0.29, 0.717) is 0 Å². The first-order valence-electron chi connectivity index (χ1n) is 6.31. The Morgan fingerprint density at radius 3 is 1.95 bits per heavy atom. The van der Waals surface area contributed by atoms with Gasteiger partial charge in [0, 0.05) is 5.56 Å². The van der Waals surface area contributed by atoms with Crippen molar-refractivity contribution in [1.82, 2.24) is 9.67 Å². The Morgan fingerprint density at radius 2 is 1.37 bits per heavy atom. The van der Waals surface area contributed by atoms with Crippen LogP contribution in [0.15, 0.2) is 60.7 Å². The minimum Gasteiger partial charge on any atom is -0.177 e. The van der Waals surface area contributed by atoms with E-state index in [1.165, 1.54) is 0 Å². The molecule has 0 unspecified atom stereocenters. The summed E-state index contributed by atoms with van der Waals surface area (Å²) in [6.45, 7) is 0. The summed E-state index contributed by atoms with van der Waals surface area (Å²) in [4.78, 5) is 4.78. The van der Waals surface area contributed by atoms with Crippen LogP contribution in [-0.2, 0) is 14.1 Å². The fraction of sp³-hybridized carbons (Fsp3) is 0.125. The van der Waals surface area contributed by atoms with Crippen LogP contribution in [0, 0.1) is 0 Å². The van der Waals surface area contributed by atoms with E-state index in [1.54, 1.807) is 0 Å². The van der Waals surface area contributed by atoms with Crippen molar-refractivity contribution < 1.29 is 4.68 Å². The maximum atomic E-state index is 4.78. The van der Waals surface area contributed by atoms with Gasteiger partial charge >= 0.3 is 5.82 Å². The highest BCUT2D eigenvalue weighted by molar-refractivity contribution is 5.59. The molecule has 3 aromatic rings. The number of aromatic nitrogens is 3. The van der Waals surface area contributed by atoms with Crippen LogP contribution >= 0.6 is 0 Å². The maximum Gasteiger partial charge on any atom is 0.351 e. The molecule has 19 heavy (non-hydrogen) atoms. The molecule has 1 heterocycles. The lowest BCUT2D eigenvalue weighted by Crippen LogP contribution is -2.39. The van der Waals surface area contributed by atoms with Crippen molar-refractivity contribution in [2.45, 2.75) is 0 Å². The highest BCUT2D eigenvalue weighted by atomic mass is 15.4. The standard InChI is InChI=1S/C16H16N3/c1-18-15(13-9-5-3-6-10-13)17-16(19(18)2)14-11-7-4-8-12-14/h3-12H,1-2H3/q+1. The largest absolute Gasteiger partial charge is 0.351 e. The zero-order chi connectivity index (χ0) is 13.2. The molecule has 3 rings (SSSR count). The minimum atomic E-state index is 0.974. The Bertz CT molecular complexity index is 625. The summed E-state index contributed by atoms with van der Waals surface area (Å²) in [5.74, 6) is 1.95. The van der Waals surface area contributed by atoms with Gasteiger partial charge in [0.05, 0.1) is 12.6 Å². The van der Waals surface area contributed by atoms with Crippen LogP contribution in [0.5, 0.6) is 0 Å². The molecule has 0 N–H and O–H groups in total. The van der Waals surface area contributed by atoms with Gasteiger partial charge in [-0.3, -0.25) is 0 Å². The Hall–Kier alpha value is -2.42. The van der Waals surface area contributed by atoms with E-state index in [0.717, 1.165) is 22.8 Å². The van der Waals surface area contributed by atoms with Crippen LogP contribution in [0.4, 0.5) is 0 Å². The number of rotatable bonds is 2. The van der Waals surface area contributed by atoms with Crippen LogP contribution in [0.2, 0.25) is 0 Å². The molecule has 0 saturated carbocycles. The number of hydrogen-bond donors (Lipinski definition) is 0. The zero-order valence-electron chi connectivity index (χ0n) is 11.1. The smallest absolute Gasteiger partial charge is 0.177 e. The molecule has 3 heteroatoms. The van der Waals surface area contributed by atoms with E-state index in [1.807, 2.05) is 50.5 Å². The van der Waals surface area contributed by atoms with Gasteiger partial charge in [0.25, 0.3) is 5.82 Å². The van der Waals surface area contributed by atoms with Crippen molar-refractivity contribution in [1.29, 1.82) is 0 Å². The van der Waals surface area contributed by atoms with Crippen molar-refractivity contribution >= 4 is 0 Å². The van der Waals surface area contributed by atoms with Crippen LogP contribution < -0.4 is 4.68 Å². The first-order valence-corrected chi connectivity index (χ1v) is 6.31. The second kappa shape index (κ2) is 4.69. The lowest BCUT2D eigenvalue weighted by molar-refractivity contribution is -0.741. The zero-order valence-corrected chi connectivity index (χ0v) is 11.1. The Labute approximate surface area is 112 Å². The van der Waals surface area contributed by atoms with Crippen molar-refractivity contribution in [3.63, 3.8) is 0 Å². The molecule has 1 aromatic heterocycles. The minimum absolute atomic E-state index is 0.974. The van der Waals surface area contributed by atoms with Gasteiger partial charge in [-0.05, 0) is 29.2 Å². The molecule has 0 spiro atoms. The molecule has 0 aliphatic heterocycles.